The Kier molecular flexibility index (Phi) is 6.20. The third kappa shape index (κ3) is 5.34. The van der Waals surface area contributed by atoms with Crippen LogP contribution in [0.2, 0.25) is 5.02 Å². The van der Waals surface area contributed by atoms with Crippen LogP contribution in [0.1, 0.15) is 31.6 Å². The highest BCUT2D eigenvalue weighted by Gasteiger charge is 2.03. The van der Waals surface area contributed by atoms with Gasteiger partial charge in [0.1, 0.15) is 0 Å². The second-order valence-electron chi connectivity index (χ2n) is 3.90. The van der Waals surface area contributed by atoms with Gasteiger partial charge in [-0.05, 0) is 47.8 Å². The SMILES string of the molecule is CC(C)NCCCCc1cc(Cl)c(Br)s1. The summed E-state index contributed by atoms with van der Waals surface area (Å²) in [4.78, 5) is 1.37. The summed E-state index contributed by atoms with van der Waals surface area (Å²) >= 11 is 11.1. The predicted octanol–water partition coefficient (Wildman–Crippen LogP) is 4.48. The molecule has 0 spiro atoms. The van der Waals surface area contributed by atoms with Crippen molar-refractivity contribution in [3.63, 3.8) is 0 Å². The van der Waals surface area contributed by atoms with E-state index in [1.807, 2.05) is 0 Å². The van der Waals surface area contributed by atoms with Crippen molar-refractivity contribution >= 4 is 38.9 Å². The summed E-state index contributed by atoms with van der Waals surface area (Å²) < 4.78 is 1.06. The fourth-order valence-electron chi connectivity index (χ4n) is 1.33. The van der Waals surface area contributed by atoms with E-state index in [1.54, 1.807) is 11.3 Å². The Bertz CT molecular complexity index is 279. The third-order valence-electron chi connectivity index (χ3n) is 2.10. The summed E-state index contributed by atoms with van der Waals surface area (Å²) in [6.45, 7) is 5.46. The van der Waals surface area contributed by atoms with Gasteiger partial charge in [0.15, 0.2) is 0 Å². The zero-order chi connectivity index (χ0) is 11.3. The molecular formula is C11H17BrClNS. The lowest BCUT2D eigenvalue weighted by Gasteiger charge is -2.06. The van der Waals surface area contributed by atoms with Crippen molar-refractivity contribution in [3.8, 4) is 0 Å². The molecule has 0 bridgehead atoms. The largest absolute Gasteiger partial charge is 0.315 e. The summed E-state index contributed by atoms with van der Waals surface area (Å²) in [5.74, 6) is 0. The topological polar surface area (TPSA) is 12.0 Å². The lowest BCUT2D eigenvalue weighted by molar-refractivity contribution is 0.558. The van der Waals surface area contributed by atoms with Crippen molar-refractivity contribution < 1.29 is 0 Å². The number of thiophene rings is 1. The Hall–Kier alpha value is 0.430. The molecule has 0 unspecified atom stereocenters. The van der Waals surface area contributed by atoms with Gasteiger partial charge in [-0.1, -0.05) is 25.4 Å². The number of rotatable bonds is 6. The lowest BCUT2D eigenvalue weighted by atomic mass is 10.2. The highest BCUT2D eigenvalue weighted by Crippen LogP contribution is 2.32. The maximum absolute atomic E-state index is 5.96. The van der Waals surface area contributed by atoms with Crippen molar-refractivity contribution in [2.45, 2.75) is 39.2 Å². The van der Waals surface area contributed by atoms with Gasteiger partial charge < -0.3 is 5.32 Å². The fourth-order valence-corrected chi connectivity index (χ4v) is 3.19. The molecule has 4 heteroatoms. The van der Waals surface area contributed by atoms with Crippen molar-refractivity contribution in [1.82, 2.24) is 5.32 Å². The van der Waals surface area contributed by atoms with Crippen LogP contribution < -0.4 is 5.32 Å². The zero-order valence-corrected chi connectivity index (χ0v) is 12.3. The molecule has 0 saturated heterocycles. The van der Waals surface area contributed by atoms with Crippen LogP contribution in [0.5, 0.6) is 0 Å². The summed E-state index contributed by atoms with van der Waals surface area (Å²) in [6, 6.07) is 2.65. The van der Waals surface area contributed by atoms with E-state index in [1.165, 1.54) is 17.7 Å². The first-order valence-electron chi connectivity index (χ1n) is 5.26. The molecule has 1 heterocycles. The van der Waals surface area contributed by atoms with Gasteiger partial charge >= 0.3 is 0 Å². The summed E-state index contributed by atoms with van der Waals surface area (Å²) in [6.07, 6.45) is 3.59. The van der Waals surface area contributed by atoms with E-state index in [-0.39, 0.29) is 0 Å². The van der Waals surface area contributed by atoms with Gasteiger partial charge in [-0.3, -0.25) is 0 Å². The summed E-state index contributed by atoms with van der Waals surface area (Å²) in [5, 5.41) is 4.26. The monoisotopic (exact) mass is 309 g/mol. The minimum absolute atomic E-state index is 0.593. The number of unbranched alkanes of at least 4 members (excludes halogenated alkanes) is 1. The molecule has 0 aliphatic carbocycles. The van der Waals surface area contributed by atoms with E-state index >= 15 is 0 Å². The molecule has 0 aliphatic heterocycles. The van der Waals surface area contributed by atoms with E-state index in [2.05, 4.69) is 41.2 Å². The minimum atomic E-state index is 0.593. The van der Waals surface area contributed by atoms with Crippen molar-refractivity contribution in [1.29, 1.82) is 0 Å². The second kappa shape index (κ2) is 6.89. The molecular weight excluding hydrogens is 294 g/mol. The van der Waals surface area contributed by atoms with E-state index in [0.29, 0.717) is 6.04 Å². The molecule has 0 amide bonds. The van der Waals surface area contributed by atoms with Gasteiger partial charge in [-0.15, -0.1) is 11.3 Å². The average Bonchev–Trinajstić information content (AvgIpc) is 2.45. The van der Waals surface area contributed by atoms with E-state index in [9.17, 15) is 0 Å². The van der Waals surface area contributed by atoms with Gasteiger partial charge in [-0.25, -0.2) is 0 Å². The zero-order valence-electron chi connectivity index (χ0n) is 9.15. The molecule has 86 valence electrons. The molecule has 1 aromatic heterocycles. The first-order valence-corrected chi connectivity index (χ1v) is 7.25. The van der Waals surface area contributed by atoms with Crippen LogP contribution in [-0.4, -0.2) is 12.6 Å². The fraction of sp³-hybridized carbons (Fsp3) is 0.636. The Labute approximate surface area is 109 Å². The summed E-state index contributed by atoms with van der Waals surface area (Å²) in [5.41, 5.74) is 0. The van der Waals surface area contributed by atoms with Crippen molar-refractivity contribution in [3.05, 3.63) is 19.8 Å². The average molecular weight is 311 g/mol. The van der Waals surface area contributed by atoms with Gasteiger partial charge in [0, 0.05) is 10.9 Å². The molecule has 0 aromatic carbocycles. The Morgan fingerprint density at radius 2 is 2.20 bits per heavy atom. The summed E-state index contributed by atoms with van der Waals surface area (Å²) in [7, 11) is 0. The van der Waals surface area contributed by atoms with Gasteiger partial charge in [0.2, 0.25) is 0 Å². The number of hydrogen-bond acceptors (Lipinski definition) is 2. The van der Waals surface area contributed by atoms with Crippen LogP contribution >= 0.6 is 38.9 Å². The minimum Gasteiger partial charge on any atom is -0.315 e. The van der Waals surface area contributed by atoms with Crippen molar-refractivity contribution in [2.24, 2.45) is 0 Å². The van der Waals surface area contributed by atoms with Gasteiger partial charge in [-0.2, -0.15) is 0 Å². The van der Waals surface area contributed by atoms with Crippen LogP contribution in [-0.2, 0) is 6.42 Å². The Morgan fingerprint density at radius 3 is 2.73 bits per heavy atom. The predicted molar refractivity (Wildman–Crippen MR) is 73.1 cm³/mol. The van der Waals surface area contributed by atoms with Crippen molar-refractivity contribution in [2.75, 3.05) is 6.54 Å². The van der Waals surface area contributed by atoms with Crippen LogP contribution in [0.4, 0.5) is 0 Å². The van der Waals surface area contributed by atoms with Gasteiger partial charge in [0.05, 0.1) is 8.81 Å². The maximum atomic E-state index is 5.96. The standard InChI is InChI=1S/C11H17BrClNS/c1-8(2)14-6-4-3-5-9-7-10(13)11(12)15-9/h7-8,14H,3-6H2,1-2H3. The second-order valence-corrected chi connectivity index (χ2v) is 6.76. The number of hydrogen-bond donors (Lipinski definition) is 1. The van der Waals surface area contributed by atoms with E-state index in [4.69, 9.17) is 11.6 Å². The quantitative estimate of drug-likeness (QED) is 0.764. The smallest absolute Gasteiger partial charge is 0.0887 e. The van der Waals surface area contributed by atoms with Crippen LogP contribution in [0.3, 0.4) is 0 Å². The number of halogens is 2. The van der Waals surface area contributed by atoms with Crippen LogP contribution in [0.15, 0.2) is 9.85 Å². The molecule has 1 rings (SSSR count). The first kappa shape index (κ1) is 13.5. The normalized spacial score (nSPS) is 11.3. The first-order chi connectivity index (χ1) is 7.09. The van der Waals surface area contributed by atoms with Gasteiger partial charge in [0.25, 0.3) is 0 Å². The highest BCUT2D eigenvalue weighted by molar-refractivity contribution is 9.11. The lowest BCUT2D eigenvalue weighted by Crippen LogP contribution is -2.23. The molecule has 0 atom stereocenters. The van der Waals surface area contributed by atoms with E-state index < -0.39 is 0 Å². The maximum Gasteiger partial charge on any atom is 0.0887 e. The number of nitrogens with one attached hydrogen (secondary N) is 1. The molecule has 0 fully saturated rings. The number of aryl methyl sites for hydroxylation is 1. The molecule has 0 aliphatic rings. The Morgan fingerprint density at radius 1 is 1.47 bits per heavy atom. The molecule has 0 radical (unpaired) electrons. The third-order valence-corrected chi connectivity index (χ3v) is 4.63. The van der Waals surface area contributed by atoms with Crippen LogP contribution in [0.25, 0.3) is 0 Å². The molecule has 1 N–H and O–H groups in total. The van der Waals surface area contributed by atoms with Crippen LogP contribution in [0, 0.1) is 0 Å². The molecule has 1 nitrogen and oxygen atoms in total. The highest BCUT2D eigenvalue weighted by atomic mass is 79.9. The molecule has 0 saturated carbocycles. The van der Waals surface area contributed by atoms with E-state index in [0.717, 1.165) is 21.8 Å². The molecule has 1 aromatic rings. The Balaban J connectivity index is 2.15. The molecule has 15 heavy (non-hydrogen) atoms.